The van der Waals surface area contributed by atoms with E-state index in [1.165, 1.54) is 10.9 Å². The maximum atomic E-state index is 12.9. The molecular formula is C20H22N6O3. The number of anilines is 1. The number of benzene rings is 1. The summed E-state index contributed by atoms with van der Waals surface area (Å²) >= 11 is 0. The second kappa shape index (κ2) is 7.50. The molecule has 0 saturated heterocycles. The zero-order valence-electron chi connectivity index (χ0n) is 16.2. The third-order valence-electron chi connectivity index (χ3n) is 4.71. The van der Waals surface area contributed by atoms with E-state index >= 15 is 0 Å². The summed E-state index contributed by atoms with van der Waals surface area (Å²) in [5.74, 6) is -0.512. The lowest BCUT2D eigenvalue weighted by atomic mass is 10.1. The summed E-state index contributed by atoms with van der Waals surface area (Å²) < 4.78 is 3.31. The van der Waals surface area contributed by atoms with Crippen molar-refractivity contribution in [3.8, 4) is 5.69 Å². The highest BCUT2D eigenvalue weighted by atomic mass is 16.4. The molecule has 1 aliphatic rings. The first kappa shape index (κ1) is 18.9. The molecule has 0 unspecified atom stereocenters. The van der Waals surface area contributed by atoms with Gasteiger partial charge in [-0.3, -0.25) is 9.48 Å². The highest BCUT2D eigenvalue weighted by Gasteiger charge is 2.32. The molecule has 2 aromatic heterocycles. The van der Waals surface area contributed by atoms with Gasteiger partial charge in [0.15, 0.2) is 5.69 Å². The fourth-order valence-electron chi connectivity index (χ4n) is 3.26. The first-order valence-corrected chi connectivity index (χ1v) is 9.55. The van der Waals surface area contributed by atoms with Crippen molar-refractivity contribution in [2.45, 2.75) is 39.2 Å². The van der Waals surface area contributed by atoms with Crippen molar-refractivity contribution < 1.29 is 14.7 Å². The van der Waals surface area contributed by atoms with Crippen LogP contribution in [0.15, 0.2) is 36.7 Å². The minimum atomic E-state index is -1.15. The Morgan fingerprint density at radius 2 is 2.10 bits per heavy atom. The lowest BCUT2D eigenvalue weighted by molar-refractivity contribution is 0.0690. The van der Waals surface area contributed by atoms with Crippen LogP contribution >= 0.6 is 0 Å². The second-order valence-corrected chi connectivity index (χ2v) is 7.65. The molecular weight excluding hydrogens is 372 g/mol. The summed E-state index contributed by atoms with van der Waals surface area (Å²) in [6.07, 6.45) is 5.13. The fourth-order valence-corrected chi connectivity index (χ4v) is 3.26. The third-order valence-corrected chi connectivity index (χ3v) is 4.71. The van der Waals surface area contributed by atoms with Gasteiger partial charge in [-0.1, -0.05) is 25.1 Å². The number of aromatic carboxylic acids is 1. The highest BCUT2D eigenvalue weighted by molar-refractivity contribution is 6.05. The molecule has 9 nitrogen and oxygen atoms in total. The van der Waals surface area contributed by atoms with E-state index in [0.29, 0.717) is 28.8 Å². The fraction of sp³-hybridized carbons (Fsp3) is 0.350. The van der Waals surface area contributed by atoms with E-state index in [1.54, 1.807) is 30.5 Å². The van der Waals surface area contributed by atoms with Gasteiger partial charge in [0.05, 0.1) is 29.3 Å². The first-order chi connectivity index (χ1) is 13.9. The normalized spacial score (nSPS) is 13.6. The Labute approximate surface area is 167 Å². The van der Waals surface area contributed by atoms with E-state index in [2.05, 4.69) is 34.6 Å². The number of rotatable bonds is 7. The quantitative estimate of drug-likeness (QED) is 0.637. The Bertz CT molecular complexity index is 1060. The number of nitrogens with one attached hydrogen (secondary N) is 1. The maximum absolute atomic E-state index is 12.9. The van der Waals surface area contributed by atoms with Gasteiger partial charge in [0.25, 0.3) is 5.91 Å². The molecule has 0 spiro atoms. The van der Waals surface area contributed by atoms with Crippen LogP contribution in [-0.2, 0) is 6.54 Å². The summed E-state index contributed by atoms with van der Waals surface area (Å²) in [4.78, 5) is 23.9. The monoisotopic (exact) mass is 394 g/mol. The van der Waals surface area contributed by atoms with E-state index in [-0.39, 0.29) is 11.6 Å². The number of hydrogen-bond donors (Lipinski definition) is 2. The Balaban J connectivity index is 1.56. The van der Waals surface area contributed by atoms with Gasteiger partial charge in [-0.15, -0.1) is 5.10 Å². The van der Waals surface area contributed by atoms with Crippen molar-refractivity contribution in [3.05, 3.63) is 53.6 Å². The van der Waals surface area contributed by atoms with Crippen LogP contribution in [0.4, 0.5) is 5.69 Å². The first-order valence-electron chi connectivity index (χ1n) is 9.55. The van der Waals surface area contributed by atoms with Gasteiger partial charge in [-0.25, -0.2) is 9.48 Å². The van der Waals surface area contributed by atoms with Crippen molar-refractivity contribution in [2.24, 2.45) is 5.92 Å². The van der Waals surface area contributed by atoms with Crippen molar-refractivity contribution in [2.75, 3.05) is 5.32 Å². The molecule has 2 heterocycles. The summed E-state index contributed by atoms with van der Waals surface area (Å²) in [6, 6.07) is 7.00. The van der Waals surface area contributed by atoms with Gasteiger partial charge >= 0.3 is 5.97 Å². The summed E-state index contributed by atoms with van der Waals surface area (Å²) in [6.45, 7) is 5.04. The number of carbonyl (C=O) groups excluding carboxylic acids is 1. The number of aromatic nitrogens is 5. The van der Waals surface area contributed by atoms with Crippen LogP contribution < -0.4 is 5.32 Å². The molecule has 1 fully saturated rings. The average Bonchev–Trinajstić information content (AvgIpc) is 3.23. The topological polar surface area (TPSA) is 115 Å². The van der Waals surface area contributed by atoms with Crippen molar-refractivity contribution in [1.29, 1.82) is 0 Å². The standard InChI is InChI=1S/C20H22N6O3/c1-12(2)10-26-18(13-6-7-13)16(9-21-26)19(27)22-14-4-3-5-15(8-14)25-11-17(20(28)29)23-24-25/h3-5,8-9,11-13H,6-7,10H2,1-2H3,(H,22,27)(H,28,29). The molecule has 3 aromatic rings. The predicted molar refractivity (Wildman–Crippen MR) is 105 cm³/mol. The van der Waals surface area contributed by atoms with E-state index in [1.807, 2.05) is 4.68 Å². The van der Waals surface area contributed by atoms with Gasteiger partial charge in [0.2, 0.25) is 0 Å². The molecule has 0 radical (unpaired) electrons. The molecule has 2 N–H and O–H groups in total. The van der Waals surface area contributed by atoms with E-state index in [4.69, 9.17) is 5.11 Å². The van der Waals surface area contributed by atoms with Crippen molar-refractivity contribution >= 4 is 17.6 Å². The zero-order valence-corrected chi connectivity index (χ0v) is 16.2. The minimum absolute atomic E-state index is 0.147. The Morgan fingerprint density at radius 1 is 1.31 bits per heavy atom. The molecule has 1 aliphatic carbocycles. The molecule has 4 rings (SSSR count). The molecule has 0 bridgehead atoms. The Kier molecular flexibility index (Phi) is 4.87. The smallest absolute Gasteiger partial charge is 0.358 e. The SMILES string of the molecule is CC(C)Cn1ncc(C(=O)Nc2cccc(-n3cc(C(=O)O)nn3)c2)c1C1CC1. The van der Waals surface area contributed by atoms with Crippen LogP contribution in [-0.4, -0.2) is 41.8 Å². The van der Waals surface area contributed by atoms with Crippen LogP contribution in [0.25, 0.3) is 5.69 Å². The number of carbonyl (C=O) groups is 2. The Morgan fingerprint density at radius 3 is 2.76 bits per heavy atom. The van der Waals surface area contributed by atoms with Crippen LogP contribution in [0.5, 0.6) is 0 Å². The molecule has 150 valence electrons. The number of carboxylic acid groups (broad SMARTS) is 1. The molecule has 1 saturated carbocycles. The summed E-state index contributed by atoms with van der Waals surface area (Å²) in [7, 11) is 0. The number of carboxylic acids is 1. The summed E-state index contributed by atoms with van der Waals surface area (Å²) in [5, 5.41) is 23.8. The second-order valence-electron chi connectivity index (χ2n) is 7.65. The van der Waals surface area contributed by atoms with Gasteiger partial charge in [-0.05, 0) is 37.0 Å². The maximum Gasteiger partial charge on any atom is 0.358 e. The zero-order chi connectivity index (χ0) is 20.5. The number of amides is 1. The van der Waals surface area contributed by atoms with E-state index in [9.17, 15) is 9.59 Å². The molecule has 1 amide bonds. The van der Waals surface area contributed by atoms with Gasteiger partial charge in [0.1, 0.15) is 0 Å². The predicted octanol–water partition coefficient (Wildman–Crippen LogP) is 2.95. The minimum Gasteiger partial charge on any atom is -0.476 e. The molecule has 9 heteroatoms. The van der Waals surface area contributed by atoms with Crippen LogP contribution in [0.1, 0.15) is 59.1 Å². The van der Waals surface area contributed by atoms with Crippen molar-refractivity contribution in [3.63, 3.8) is 0 Å². The molecule has 0 atom stereocenters. The Hall–Kier alpha value is -3.49. The van der Waals surface area contributed by atoms with Gasteiger partial charge in [-0.2, -0.15) is 5.10 Å². The largest absolute Gasteiger partial charge is 0.476 e. The lowest BCUT2D eigenvalue weighted by Gasteiger charge is -2.11. The van der Waals surface area contributed by atoms with Gasteiger partial charge in [0, 0.05) is 18.2 Å². The highest BCUT2D eigenvalue weighted by Crippen LogP contribution is 2.42. The molecule has 1 aromatic carbocycles. The third kappa shape index (κ3) is 4.03. The van der Waals surface area contributed by atoms with Crippen molar-refractivity contribution in [1.82, 2.24) is 24.8 Å². The molecule has 29 heavy (non-hydrogen) atoms. The summed E-state index contributed by atoms with van der Waals surface area (Å²) in [5.41, 5.74) is 2.65. The number of nitrogens with zero attached hydrogens (tertiary/aromatic N) is 5. The average molecular weight is 394 g/mol. The van der Waals surface area contributed by atoms with Gasteiger partial charge < -0.3 is 10.4 Å². The lowest BCUT2D eigenvalue weighted by Crippen LogP contribution is -2.16. The number of hydrogen-bond acceptors (Lipinski definition) is 5. The van der Waals surface area contributed by atoms with E-state index in [0.717, 1.165) is 25.1 Å². The van der Waals surface area contributed by atoms with Crippen LogP contribution in [0.3, 0.4) is 0 Å². The molecule has 0 aliphatic heterocycles. The van der Waals surface area contributed by atoms with Crippen LogP contribution in [0, 0.1) is 5.92 Å². The van der Waals surface area contributed by atoms with Crippen LogP contribution in [0.2, 0.25) is 0 Å². The van der Waals surface area contributed by atoms with E-state index < -0.39 is 5.97 Å².